The van der Waals surface area contributed by atoms with Crippen LogP contribution in [0.15, 0.2) is 48.5 Å². The minimum absolute atomic E-state index is 0.424. The summed E-state index contributed by atoms with van der Waals surface area (Å²) in [5.41, 5.74) is 2.92. The lowest BCUT2D eigenvalue weighted by Crippen LogP contribution is -2.51. The van der Waals surface area contributed by atoms with Crippen LogP contribution in [0.5, 0.6) is 5.75 Å². The number of benzene rings is 2. The number of carbonyl (C=O) groups excluding carboxylic acids is 2. The van der Waals surface area contributed by atoms with Crippen molar-refractivity contribution in [3.8, 4) is 5.75 Å². The molecule has 28 heavy (non-hydrogen) atoms. The minimum atomic E-state index is -0.588. The molecule has 1 saturated heterocycles. The Morgan fingerprint density at radius 1 is 0.929 bits per heavy atom. The van der Waals surface area contributed by atoms with E-state index in [1.807, 2.05) is 48.5 Å². The third kappa shape index (κ3) is 4.63. The zero-order chi connectivity index (χ0) is 20.1. The average Bonchev–Trinajstić information content (AvgIpc) is 2.73. The van der Waals surface area contributed by atoms with Crippen LogP contribution in [0.2, 0.25) is 0 Å². The van der Waals surface area contributed by atoms with Gasteiger partial charge < -0.3 is 19.9 Å². The van der Waals surface area contributed by atoms with Gasteiger partial charge in [-0.1, -0.05) is 26.0 Å². The molecule has 1 aliphatic rings. The molecule has 2 aromatic rings. The van der Waals surface area contributed by atoms with E-state index in [4.69, 9.17) is 4.74 Å². The van der Waals surface area contributed by atoms with Crippen LogP contribution in [0, 0.1) is 0 Å². The Bertz CT molecular complexity index is 808. The zero-order valence-electron chi connectivity index (χ0n) is 16.6. The molecule has 0 bridgehead atoms. The van der Waals surface area contributed by atoms with E-state index in [9.17, 15) is 9.59 Å². The fourth-order valence-electron chi connectivity index (χ4n) is 3.24. The van der Waals surface area contributed by atoms with Gasteiger partial charge in [0.25, 0.3) is 0 Å². The van der Waals surface area contributed by atoms with E-state index >= 15 is 0 Å². The number of carbonyl (C=O) groups is 2. The van der Waals surface area contributed by atoms with Crippen molar-refractivity contribution >= 4 is 23.2 Å². The van der Waals surface area contributed by atoms with Crippen molar-refractivity contribution in [3.05, 3.63) is 54.1 Å². The van der Waals surface area contributed by atoms with Gasteiger partial charge in [0, 0.05) is 37.6 Å². The molecule has 1 fully saturated rings. The van der Waals surface area contributed by atoms with Crippen molar-refractivity contribution in [1.82, 2.24) is 4.90 Å². The Kier molecular flexibility index (Phi) is 6.19. The summed E-state index contributed by atoms with van der Waals surface area (Å²) in [6.45, 7) is 6.64. The van der Waals surface area contributed by atoms with Gasteiger partial charge in [-0.25, -0.2) is 0 Å². The first-order valence-electron chi connectivity index (χ1n) is 9.57. The summed E-state index contributed by atoms with van der Waals surface area (Å²) in [7, 11) is 1.64. The van der Waals surface area contributed by atoms with Crippen molar-refractivity contribution in [2.24, 2.45) is 0 Å². The number of ether oxygens (including phenoxy) is 1. The molecule has 148 valence electrons. The molecule has 3 rings (SSSR count). The van der Waals surface area contributed by atoms with Crippen LogP contribution in [0.1, 0.15) is 25.3 Å². The number of anilines is 2. The highest BCUT2D eigenvalue weighted by molar-refractivity contribution is 6.39. The van der Waals surface area contributed by atoms with Gasteiger partial charge in [0.2, 0.25) is 0 Å². The molecule has 1 N–H and O–H groups in total. The Labute approximate surface area is 166 Å². The summed E-state index contributed by atoms with van der Waals surface area (Å²) in [6.07, 6.45) is 0. The highest BCUT2D eigenvalue weighted by Crippen LogP contribution is 2.21. The van der Waals surface area contributed by atoms with Gasteiger partial charge in [-0.05, 0) is 47.9 Å². The van der Waals surface area contributed by atoms with Crippen LogP contribution in [-0.4, -0.2) is 50.0 Å². The number of nitrogens with one attached hydrogen (secondary N) is 1. The molecule has 0 spiro atoms. The van der Waals surface area contributed by atoms with E-state index in [1.165, 1.54) is 5.56 Å². The standard InChI is InChI=1S/C22H27N3O3/c1-16(2)17-4-6-18(7-5-17)23-21(26)22(27)25-14-12-24(13-15-25)19-8-10-20(28-3)11-9-19/h4-11,16H,12-15H2,1-3H3,(H,23,26). The Morgan fingerprint density at radius 3 is 2.07 bits per heavy atom. The summed E-state index contributed by atoms with van der Waals surface area (Å²) < 4.78 is 5.18. The SMILES string of the molecule is COc1ccc(N2CCN(C(=O)C(=O)Nc3ccc(C(C)C)cc3)CC2)cc1. The van der Waals surface area contributed by atoms with E-state index in [0.29, 0.717) is 37.8 Å². The van der Waals surface area contributed by atoms with Crippen molar-refractivity contribution in [1.29, 1.82) is 0 Å². The maximum atomic E-state index is 12.5. The number of piperazine rings is 1. The van der Waals surface area contributed by atoms with Gasteiger partial charge in [-0.15, -0.1) is 0 Å². The van der Waals surface area contributed by atoms with Crippen molar-refractivity contribution < 1.29 is 14.3 Å². The summed E-state index contributed by atoms with van der Waals surface area (Å²) in [5, 5.41) is 2.70. The first-order valence-corrected chi connectivity index (χ1v) is 9.57. The lowest BCUT2D eigenvalue weighted by Gasteiger charge is -2.35. The fraction of sp³-hybridized carbons (Fsp3) is 0.364. The number of hydrogen-bond acceptors (Lipinski definition) is 4. The van der Waals surface area contributed by atoms with E-state index in [2.05, 4.69) is 24.1 Å². The van der Waals surface area contributed by atoms with E-state index in [-0.39, 0.29) is 0 Å². The van der Waals surface area contributed by atoms with Gasteiger partial charge in [-0.3, -0.25) is 9.59 Å². The van der Waals surface area contributed by atoms with Crippen LogP contribution in [-0.2, 0) is 9.59 Å². The number of amides is 2. The molecule has 0 unspecified atom stereocenters. The van der Waals surface area contributed by atoms with E-state index in [0.717, 1.165) is 11.4 Å². The van der Waals surface area contributed by atoms with Crippen molar-refractivity contribution in [3.63, 3.8) is 0 Å². The fourth-order valence-corrected chi connectivity index (χ4v) is 3.24. The summed E-state index contributed by atoms with van der Waals surface area (Å²) in [4.78, 5) is 28.6. The van der Waals surface area contributed by atoms with Gasteiger partial charge in [0.1, 0.15) is 5.75 Å². The van der Waals surface area contributed by atoms with Crippen LogP contribution < -0.4 is 15.0 Å². The first-order chi connectivity index (χ1) is 13.5. The van der Waals surface area contributed by atoms with Crippen molar-refractivity contribution in [2.75, 3.05) is 43.5 Å². The third-order valence-electron chi connectivity index (χ3n) is 5.03. The Morgan fingerprint density at radius 2 is 1.54 bits per heavy atom. The topological polar surface area (TPSA) is 61.9 Å². The number of nitrogens with zero attached hydrogens (tertiary/aromatic N) is 2. The summed E-state index contributed by atoms with van der Waals surface area (Å²) in [6, 6.07) is 15.5. The monoisotopic (exact) mass is 381 g/mol. The van der Waals surface area contributed by atoms with Gasteiger partial charge >= 0.3 is 11.8 Å². The lowest BCUT2D eigenvalue weighted by atomic mass is 10.0. The molecule has 2 aromatic carbocycles. The normalized spacial score (nSPS) is 14.1. The van der Waals surface area contributed by atoms with Gasteiger partial charge in [0.05, 0.1) is 7.11 Å². The van der Waals surface area contributed by atoms with E-state index < -0.39 is 11.8 Å². The van der Waals surface area contributed by atoms with Crippen LogP contribution >= 0.6 is 0 Å². The van der Waals surface area contributed by atoms with Crippen molar-refractivity contribution in [2.45, 2.75) is 19.8 Å². The number of rotatable bonds is 4. The summed E-state index contributed by atoms with van der Waals surface area (Å²) >= 11 is 0. The van der Waals surface area contributed by atoms with E-state index in [1.54, 1.807) is 12.0 Å². The average molecular weight is 381 g/mol. The Hall–Kier alpha value is -3.02. The Balaban J connectivity index is 1.53. The molecule has 6 nitrogen and oxygen atoms in total. The third-order valence-corrected chi connectivity index (χ3v) is 5.03. The van der Waals surface area contributed by atoms with Crippen LogP contribution in [0.25, 0.3) is 0 Å². The number of hydrogen-bond donors (Lipinski definition) is 1. The smallest absolute Gasteiger partial charge is 0.313 e. The van der Waals surface area contributed by atoms with Gasteiger partial charge in [-0.2, -0.15) is 0 Å². The highest BCUT2D eigenvalue weighted by Gasteiger charge is 2.26. The van der Waals surface area contributed by atoms with Crippen LogP contribution in [0.4, 0.5) is 11.4 Å². The van der Waals surface area contributed by atoms with Gasteiger partial charge in [0.15, 0.2) is 0 Å². The molecule has 2 amide bonds. The second-order valence-electron chi connectivity index (χ2n) is 7.21. The second-order valence-corrected chi connectivity index (χ2v) is 7.21. The molecule has 1 aliphatic heterocycles. The minimum Gasteiger partial charge on any atom is -0.497 e. The quantitative estimate of drug-likeness (QED) is 0.827. The molecule has 0 atom stereocenters. The molecule has 0 aromatic heterocycles. The summed E-state index contributed by atoms with van der Waals surface area (Å²) in [5.74, 6) is 0.168. The molecule has 0 saturated carbocycles. The molecule has 1 heterocycles. The maximum absolute atomic E-state index is 12.5. The largest absolute Gasteiger partial charge is 0.497 e. The second kappa shape index (κ2) is 8.78. The number of methoxy groups -OCH3 is 1. The predicted molar refractivity (Wildman–Crippen MR) is 111 cm³/mol. The highest BCUT2D eigenvalue weighted by atomic mass is 16.5. The molecular formula is C22H27N3O3. The first kappa shape index (κ1) is 19.7. The zero-order valence-corrected chi connectivity index (χ0v) is 16.6. The maximum Gasteiger partial charge on any atom is 0.313 e. The molecular weight excluding hydrogens is 354 g/mol. The molecule has 6 heteroatoms. The molecule has 0 aliphatic carbocycles. The predicted octanol–water partition coefficient (Wildman–Crippen LogP) is 3.11. The lowest BCUT2D eigenvalue weighted by molar-refractivity contribution is -0.143. The molecule has 0 radical (unpaired) electrons. The van der Waals surface area contributed by atoms with Crippen LogP contribution in [0.3, 0.4) is 0 Å².